The Kier molecular flexibility index (Phi) is 7.66. The van der Waals surface area contributed by atoms with Crippen molar-refractivity contribution in [1.29, 1.82) is 0 Å². The number of aliphatic hydroxyl groups excluding tert-OH is 1. The second kappa shape index (κ2) is 5.37. The van der Waals surface area contributed by atoms with Gasteiger partial charge in [-0.1, -0.05) is 0 Å². The van der Waals surface area contributed by atoms with Crippen LogP contribution in [0.5, 0.6) is 0 Å². The zero-order valence-corrected chi connectivity index (χ0v) is 12.0. The molecule has 4 heteroatoms. The summed E-state index contributed by atoms with van der Waals surface area (Å²) in [4.78, 5) is 0. The molecule has 1 aliphatic carbocycles. The van der Waals surface area contributed by atoms with Crippen molar-refractivity contribution in [1.82, 2.24) is 0 Å². The molecule has 0 bridgehead atoms. The van der Waals surface area contributed by atoms with Crippen LogP contribution in [0, 0.1) is 6.10 Å². The van der Waals surface area contributed by atoms with Crippen molar-refractivity contribution in [3.8, 4) is 0 Å². The Hall–Kier alpha value is 1.71. The third kappa shape index (κ3) is 3.41. The zero-order chi connectivity index (χ0) is 6.20. The molecule has 0 saturated heterocycles. The van der Waals surface area contributed by atoms with Gasteiger partial charge in [-0.15, -0.1) is 12.8 Å². The first kappa shape index (κ1) is 14.2. The smallest absolute Gasteiger partial charge is 0.0359 e. The summed E-state index contributed by atoms with van der Waals surface area (Å²) in [5.74, 6) is 0. The van der Waals surface area contributed by atoms with Gasteiger partial charge in [0.25, 0.3) is 0 Å². The van der Waals surface area contributed by atoms with E-state index in [9.17, 15) is 0 Å². The molecule has 0 aromatic heterocycles. The Morgan fingerprint density at radius 2 is 1.90 bits per heavy atom. The number of hydrogen-bond donors (Lipinski definition) is 1. The molecule has 0 aromatic carbocycles. The summed E-state index contributed by atoms with van der Waals surface area (Å²) >= 11 is 0. The van der Waals surface area contributed by atoms with Gasteiger partial charge in [-0.25, -0.2) is 0 Å². The van der Waals surface area contributed by atoms with E-state index in [4.69, 9.17) is 9.84 Å². The Morgan fingerprint density at radius 1 is 1.50 bits per heavy atom. The SMILES string of the molecule is COC1(C)C[C-](O)C1.[W].[Y]. The van der Waals surface area contributed by atoms with Crippen molar-refractivity contribution in [3.63, 3.8) is 0 Å². The van der Waals surface area contributed by atoms with Gasteiger partial charge in [0, 0.05) is 66.5 Å². The fraction of sp³-hybridized carbons (Fsp3) is 0.833. The van der Waals surface area contributed by atoms with Crippen LogP contribution in [-0.4, -0.2) is 17.8 Å². The number of aliphatic hydroxyl groups is 1. The van der Waals surface area contributed by atoms with E-state index < -0.39 is 0 Å². The predicted molar refractivity (Wildman–Crippen MR) is 29.8 cm³/mol. The molecular formula is C6H11O2WY-. The molecule has 0 unspecified atom stereocenters. The van der Waals surface area contributed by atoms with Crippen molar-refractivity contribution in [2.45, 2.75) is 25.4 Å². The third-order valence-electron chi connectivity index (χ3n) is 1.65. The van der Waals surface area contributed by atoms with Crippen LogP contribution in [0.3, 0.4) is 0 Å². The van der Waals surface area contributed by atoms with Crippen molar-refractivity contribution in [2.24, 2.45) is 0 Å². The van der Waals surface area contributed by atoms with Crippen LogP contribution in [0.4, 0.5) is 0 Å². The summed E-state index contributed by atoms with van der Waals surface area (Å²) in [5, 5.41) is 8.75. The van der Waals surface area contributed by atoms with Crippen molar-refractivity contribution >= 4 is 0 Å². The summed E-state index contributed by atoms with van der Waals surface area (Å²) in [6.45, 7) is 1.99. The van der Waals surface area contributed by atoms with Crippen LogP contribution in [0.25, 0.3) is 0 Å². The van der Waals surface area contributed by atoms with Crippen LogP contribution in [0.15, 0.2) is 0 Å². The van der Waals surface area contributed by atoms with Crippen molar-refractivity contribution in [3.05, 3.63) is 6.10 Å². The van der Waals surface area contributed by atoms with Gasteiger partial charge in [0.1, 0.15) is 0 Å². The maximum absolute atomic E-state index is 8.75. The molecule has 1 radical (unpaired) electrons. The quantitative estimate of drug-likeness (QED) is 0.682. The predicted octanol–water partition coefficient (Wildman–Crippen LogP) is 1.08. The molecule has 1 fully saturated rings. The van der Waals surface area contributed by atoms with Gasteiger partial charge in [-0.05, 0) is 6.92 Å². The summed E-state index contributed by atoms with van der Waals surface area (Å²) in [7, 11) is 1.67. The Balaban J connectivity index is 0. The Bertz CT molecular complexity index is 93.7. The summed E-state index contributed by atoms with van der Waals surface area (Å²) in [6, 6.07) is 0. The minimum Gasteiger partial charge on any atom is -0.563 e. The fourth-order valence-electron chi connectivity index (χ4n) is 0.956. The Labute approximate surface area is 101 Å². The molecule has 1 aliphatic rings. The number of methoxy groups -OCH3 is 1. The molecule has 1 saturated carbocycles. The van der Waals surface area contributed by atoms with Gasteiger partial charge in [-0.3, -0.25) is 0 Å². The maximum atomic E-state index is 8.75. The van der Waals surface area contributed by atoms with Gasteiger partial charge in [0.05, 0.1) is 0 Å². The molecule has 0 aliphatic heterocycles. The first-order chi connectivity index (χ1) is 3.66. The van der Waals surface area contributed by atoms with Gasteiger partial charge < -0.3 is 9.84 Å². The van der Waals surface area contributed by atoms with Crippen LogP contribution in [0.1, 0.15) is 19.8 Å². The van der Waals surface area contributed by atoms with Crippen molar-refractivity contribution in [2.75, 3.05) is 7.11 Å². The van der Waals surface area contributed by atoms with E-state index in [1.165, 1.54) is 0 Å². The van der Waals surface area contributed by atoms with Gasteiger partial charge >= 0.3 is 0 Å². The van der Waals surface area contributed by atoms with E-state index in [1.807, 2.05) is 6.92 Å². The molecule has 0 amide bonds. The van der Waals surface area contributed by atoms with Crippen LogP contribution >= 0.6 is 0 Å². The minimum absolute atomic E-state index is 0. The zero-order valence-electron chi connectivity index (χ0n) is 6.26. The monoisotopic (exact) mass is 388 g/mol. The van der Waals surface area contributed by atoms with Gasteiger partial charge in [0.2, 0.25) is 0 Å². The summed E-state index contributed by atoms with van der Waals surface area (Å²) in [6.07, 6.45) is 1.99. The van der Waals surface area contributed by atoms with Gasteiger partial charge in [0.15, 0.2) is 0 Å². The maximum Gasteiger partial charge on any atom is 0.0359 e. The van der Waals surface area contributed by atoms with E-state index >= 15 is 0 Å². The second-order valence-electron chi connectivity index (χ2n) is 2.57. The molecule has 0 atom stereocenters. The van der Waals surface area contributed by atoms with E-state index in [2.05, 4.69) is 0 Å². The van der Waals surface area contributed by atoms with Crippen LogP contribution in [0.2, 0.25) is 0 Å². The number of rotatable bonds is 1. The van der Waals surface area contributed by atoms with E-state index in [1.54, 1.807) is 7.11 Å². The standard InChI is InChI=1S/C6H11O2.W.Y/c1-6(8-2)3-5(7)4-6;;/h7H,3-4H2,1-2H3;;/q-1;;. The first-order valence-electron chi connectivity index (χ1n) is 2.75. The van der Waals surface area contributed by atoms with E-state index in [0.717, 1.165) is 0 Å². The molecule has 0 heterocycles. The number of ether oxygens (including phenoxy) is 1. The van der Waals surface area contributed by atoms with Crippen LogP contribution in [-0.2, 0) is 58.5 Å². The molecule has 0 aromatic rings. The van der Waals surface area contributed by atoms with E-state index in [-0.39, 0.29) is 59.4 Å². The fourth-order valence-corrected chi connectivity index (χ4v) is 0.956. The molecule has 2 nitrogen and oxygen atoms in total. The molecular weight excluding hydrogens is 377 g/mol. The van der Waals surface area contributed by atoms with E-state index in [0.29, 0.717) is 18.9 Å². The normalized spacial score (nSPS) is 21.9. The topological polar surface area (TPSA) is 29.5 Å². The molecule has 1 N–H and O–H groups in total. The molecule has 10 heavy (non-hydrogen) atoms. The Morgan fingerprint density at radius 3 is 2.00 bits per heavy atom. The first-order valence-corrected chi connectivity index (χ1v) is 2.75. The molecule has 1 rings (SSSR count). The van der Waals surface area contributed by atoms with Crippen molar-refractivity contribution < 1.29 is 63.6 Å². The molecule has 57 valence electrons. The summed E-state index contributed by atoms with van der Waals surface area (Å²) < 4.78 is 5.06. The van der Waals surface area contributed by atoms with Crippen LogP contribution < -0.4 is 0 Å². The van der Waals surface area contributed by atoms with Gasteiger partial charge in [-0.2, -0.15) is 6.10 Å². The summed E-state index contributed by atoms with van der Waals surface area (Å²) in [5.41, 5.74) is -0.0515. The average molecular weight is 388 g/mol. The average Bonchev–Trinajstić information content (AvgIpc) is 1.63. The minimum atomic E-state index is -0.0515. The molecule has 0 spiro atoms. The largest absolute Gasteiger partial charge is 0.563 e. The third-order valence-corrected chi connectivity index (χ3v) is 1.65. The second-order valence-corrected chi connectivity index (χ2v) is 2.57. The number of hydrogen-bond acceptors (Lipinski definition) is 2.